The zero-order valence-corrected chi connectivity index (χ0v) is 15.7. The summed E-state index contributed by atoms with van der Waals surface area (Å²) >= 11 is 0. The van der Waals surface area contributed by atoms with Crippen molar-refractivity contribution in [2.75, 3.05) is 0 Å². The third-order valence-corrected chi connectivity index (χ3v) is 4.68. The van der Waals surface area contributed by atoms with Crippen LogP contribution in [0.1, 0.15) is 36.3 Å². The number of carbonyl (C=O) groups excluding carboxylic acids is 1. The van der Waals surface area contributed by atoms with E-state index >= 15 is 0 Å². The minimum atomic E-state index is -1.05. The second-order valence-corrected chi connectivity index (χ2v) is 6.95. The van der Waals surface area contributed by atoms with Crippen LogP contribution >= 0.6 is 0 Å². The predicted octanol–water partition coefficient (Wildman–Crippen LogP) is 2.74. The molecular weight excluding hydrogens is 344 g/mol. The molecule has 2 unspecified atom stereocenters. The quantitative estimate of drug-likeness (QED) is 0.597. The maximum absolute atomic E-state index is 12.4. The molecule has 142 valence electrons. The van der Waals surface area contributed by atoms with Gasteiger partial charge in [-0.05, 0) is 38.5 Å². The van der Waals surface area contributed by atoms with Crippen LogP contribution in [0.15, 0.2) is 36.5 Å². The molecule has 0 fully saturated rings. The zero-order valence-electron chi connectivity index (χ0n) is 15.7. The number of fused-ring (bicyclic) bond motifs is 1. The Morgan fingerprint density at radius 3 is 2.70 bits per heavy atom. The highest BCUT2D eigenvalue weighted by atomic mass is 16.4. The van der Waals surface area contributed by atoms with Crippen LogP contribution in [0.25, 0.3) is 10.9 Å². The van der Waals surface area contributed by atoms with Crippen molar-refractivity contribution >= 4 is 22.8 Å². The van der Waals surface area contributed by atoms with Gasteiger partial charge in [0.15, 0.2) is 0 Å². The van der Waals surface area contributed by atoms with Crippen LogP contribution in [-0.2, 0) is 16.0 Å². The third kappa shape index (κ3) is 4.19. The molecule has 3 N–H and O–H groups in total. The highest BCUT2D eigenvalue weighted by molar-refractivity contribution is 5.86. The summed E-state index contributed by atoms with van der Waals surface area (Å²) in [5.74, 6) is -1.35. The van der Waals surface area contributed by atoms with E-state index in [1.165, 1.54) is 0 Å². The van der Waals surface area contributed by atoms with Gasteiger partial charge < -0.3 is 15.4 Å². The van der Waals surface area contributed by atoms with Gasteiger partial charge in [0.1, 0.15) is 6.04 Å². The van der Waals surface area contributed by atoms with E-state index in [-0.39, 0.29) is 24.8 Å². The number of carboxylic acids is 1. The van der Waals surface area contributed by atoms with E-state index in [2.05, 4.69) is 15.4 Å². The van der Waals surface area contributed by atoms with Crippen LogP contribution in [0.2, 0.25) is 0 Å². The molecule has 0 bridgehead atoms. The fraction of sp³-hybridized carbons (Fsp3) is 0.350. The topological polar surface area (TPSA) is 100 Å². The van der Waals surface area contributed by atoms with Crippen molar-refractivity contribution in [3.63, 3.8) is 0 Å². The van der Waals surface area contributed by atoms with Crippen LogP contribution in [0.3, 0.4) is 0 Å². The fourth-order valence-electron chi connectivity index (χ4n) is 3.42. The molecule has 2 atom stereocenters. The van der Waals surface area contributed by atoms with Crippen molar-refractivity contribution in [3.8, 4) is 0 Å². The summed E-state index contributed by atoms with van der Waals surface area (Å²) in [5, 5.41) is 17.6. The Morgan fingerprint density at radius 2 is 2.04 bits per heavy atom. The average molecular weight is 368 g/mol. The number of hydrogen-bond acceptors (Lipinski definition) is 3. The number of amides is 1. The molecule has 0 aliphatic carbocycles. The van der Waals surface area contributed by atoms with E-state index in [0.29, 0.717) is 0 Å². The first-order valence-corrected chi connectivity index (χ1v) is 8.95. The number of aliphatic carboxylic acids is 1. The van der Waals surface area contributed by atoms with Gasteiger partial charge in [-0.3, -0.25) is 9.48 Å². The van der Waals surface area contributed by atoms with Gasteiger partial charge in [-0.2, -0.15) is 5.10 Å². The number of aryl methyl sites for hydroxylation is 2. The number of hydrogen-bond donors (Lipinski definition) is 3. The minimum absolute atomic E-state index is 0.152. The number of rotatable bonds is 7. The fourth-order valence-corrected chi connectivity index (χ4v) is 3.42. The van der Waals surface area contributed by atoms with Crippen molar-refractivity contribution in [2.24, 2.45) is 0 Å². The van der Waals surface area contributed by atoms with Gasteiger partial charge in [-0.1, -0.05) is 18.2 Å². The van der Waals surface area contributed by atoms with Gasteiger partial charge in [0.2, 0.25) is 5.91 Å². The summed E-state index contributed by atoms with van der Waals surface area (Å²) in [6.07, 6.45) is 2.18. The van der Waals surface area contributed by atoms with Gasteiger partial charge in [0.25, 0.3) is 0 Å². The lowest BCUT2D eigenvalue weighted by atomic mass is 10.0. The SMILES string of the molecule is Cc1cc(C)n(C(C)CC(=O)NC(Cc2c[nH]c3ccccc23)C(=O)O)n1. The molecule has 7 nitrogen and oxygen atoms in total. The lowest BCUT2D eigenvalue weighted by molar-refractivity contribution is -0.141. The monoisotopic (exact) mass is 368 g/mol. The molecule has 0 spiro atoms. The van der Waals surface area contributed by atoms with E-state index < -0.39 is 12.0 Å². The molecule has 0 saturated carbocycles. The van der Waals surface area contributed by atoms with Crippen LogP contribution in [0.4, 0.5) is 0 Å². The summed E-state index contributed by atoms with van der Waals surface area (Å²) in [6, 6.07) is 8.51. The predicted molar refractivity (Wildman–Crippen MR) is 103 cm³/mol. The van der Waals surface area contributed by atoms with Gasteiger partial charge in [-0.25, -0.2) is 4.79 Å². The smallest absolute Gasteiger partial charge is 0.326 e. The maximum Gasteiger partial charge on any atom is 0.326 e. The number of nitrogens with zero attached hydrogens (tertiary/aromatic N) is 2. The van der Waals surface area contributed by atoms with Crippen molar-refractivity contribution in [1.82, 2.24) is 20.1 Å². The first-order valence-electron chi connectivity index (χ1n) is 8.95. The van der Waals surface area contributed by atoms with Gasteiger partial charge in [0, 0.05) is 35.6 Å². The molecule has 7 heteroatoms. The average Bonchev–Trinajstić information content (AvgIpc) is 3.17. The number of para-hydroxylation sites is 1. The van der Waals surface area contributed by atoms with Crippen molar-refractivity contribution < 1.29 is 14.7 Å². The van der Waals surface area contributed by atoms with E-state index in [1.54, 1.807) is 10.9 Å². The molecule has 0 aliphatic heterocycles. The lowest BCUT2D eigenvalue weighted by Crippen LogP contribution is -2.42. The molecule has 27 heavy (non-hydrogen) atoms. The van der Waals surface area contributed by atoms with Crippen LogP contribution < -0.4 is 5.32 Å². The number of carbonyl (C=O) groups is 2. The van der Waals surface area contributed by atoms with E-state index in [4.69, 9.17) is 0 Å². The maximum atomic E-state index is 12.4. The van der Waals surface area contributed by atoms with Crippen molar-refractivity contribution in [1.29, 1.82) is 0 Å². The largest absolute Gasteiger partial charge is 0.480 e. The number of carboxylic acid groups (broad SMARTS) is 1. The lowest BCUT2D eigenvalue weighted by Gasteiger charge is -2.18. The Labute approximate surface area is 157 Å². The molecule has 0 aliphatic rings. The van der Waals surface area contributed by atoms with Crippen molar-refractivity contribution in [3.05, 3.63) is 53.5 Å². The molecule has 1 aromatic carbocycles. The molecule has 3 aromatic rings. The highest BCUT2D eigenvalue weighted by Crippen LogP contribution is 2.19. The normalized spacial score (nSPS) is 13.4. The third-order valence-electron chi connectivity index (χ3n) is 4.68. The Morgan fingerprint density at radius 1 is 1.30 bits per heavy atom. The number of aromatic nitrogens is 3. The Hall–Kier alpha value is -3.09. The van der Waals surface area contributed by atoms with Crippen molar-refractivity contribution in [2.45, 2.75) is 45.7 Å². The molecule has 2 heterocycles. The minimum Gasteiger partial charge on any atom is -0.480 e. The molecule has 1 amide bonds. The summed E-state index contributed by atoms with van der Waals surface area (Å²) < 4.78 is 1.80. The Bertz CT molecular complexity index is 973. The van der Waals surface area contributed by atoms with Crippen LogP contribution in [-0.4, -0.2) is 37.8 Å². The molecule has 0 saturated heterocycles. The summed E-state index contributed by atoms with van der Waals surface area (Å²) in [7, 11) is 0. The zero-order chi connectivity index (χ0) is 19.6. The summed E-state index contributed by atoms with van der Waals surface area (Å²) in [4.78, 5) is 27.2. The first kappa shape index (κ1) is 18.7. The molecule has 3 rings (SSSR count). The molecule has 0 radical (unpaired) electrons. The number of H-pyrrole nitrogens is 1. The second kappa shape index (κ2) is 7.65. The number of nitrogens with one attached hydrogen (secondary N) is 2. The van der Waals surface area contributed by atoms with E-state index in [1.807, 2.05) is 51.1 Å². The van der Waals surface area contributed by atoms with E-state index in [0.717, 1.165) is 27.9 Å². The van der Waals surface area contributed by atoms with E-state index in [9.17, 15) is 14.7 Å². The molecular formula is C20H24N4O3. The Balaban J connectivity index is 1.68. The summed E-state index contributed by atoms with van der Waals surface area (Å²) in [6.45, 7) is 5.73. The standard InChI is InChI=1S/C20H24N4O3/c1-12-8-13(2)24(23-12)14(3)9-19(25)22-18(20(26)27)10-15-11-21-17-7-5-4-6-16(15)17/h4-8,11,14,18,21H,9-10H2,1-3H3,(H,22,25)(H,26,27). The summed E-state index contributed by atoms with van der Waals surface area (Å²) in [5.41, 5.74) is 3.68. The van der Waals surface area contributed by atoms with Crippen LogP contribution in [0, 0.1) is 13.8 Å². The first-order chi connectivity index (χ1) is 12.8. The van der Waals surface area contributed by atoms with Gasteiger partial charge >= 0.3 is 5.97 Å². The second-order valence-electron chi connectivity index (χ2n) is 6.95. The highest BCUT2D eigenvalue weighted by Gasteiger charge is 2.23. The number of aromatic amines is 1. The molecule has 2 aromatic heterocycles. The van der Waals surface area contributed by atoms with Gasteiger partial charge in [-0.15, -0.1) is 0 Å². The number of benzene rings is 1. The van der Waals surface area contributed by atoms with Gasteiger partial charge in [0.05, 0.1) is 11.7 Å². The Kier molecular flexibility index (Phi) is 5.30. The van der Waals surface area contributed by atoms with Crippen LogP contribution in [0.5, 0.6) is 0 Å².